The summed E-state index contributed by atoms with van der Waals surface area (Å²) in [6, 6.07) is 7.48. The van der Waals surface area contributed by atoms with E-state index in [1.54, 1.807) is 0 Å². The number of aliphatic hydroxyl groups excluding tert-OH is 1. The van der Waals surface area contributed by atoms with E-state index in [2.05, 4.69) is 13.8 Å². The van der Waals surface area contributed by atoms with E-state index < -0.39 is 6.10 Å². The number of hydrogen-bond acceptors (Lipinski definition) is 1. The Bertz CT molecular complexity index is 283. The van der Waals surface area contributed by atoms with Gasteiger partial charge in [-0.25, -0.2) is 0 Å². The van der Waals surface area contributed by atoms with Crippen LogP contribution >= 0.6 is 11.6 Å². The van der Waals surface area contributed by atoms with Crippen molar-refractivity contribution in [2.45, 2.75) is 32.8 Å². The third kappa shape index (κ3) is 3.32. The Morgan fingerprint density at radius 1 is 1.21 bits per heavy atom. The van der Waals surface area contributed by atoms with Crippen molar-refractivity contribution in [1.82, 2.24) is 0 Å². The highest BCUT2D eigenvalue weighted by atomic mass is 35.5. The standard InChI is InChI=1S/C12H17ClO/c1-9(2)7-8-12(14)10-5-3-4-6-11(10)13/h3-6,9,12,14H,7-8H2,1-2H3. The molecular weight excluding hydrogens is 196 g/mol. The fourth-order valence-electron chi connectivity index (χ4n) is 1.39. The summed E-state index contributed by atoms with van der Waals surface area (Å²) < 4.78 is 0. The van der Waals surface area contributed by atoms with Crippen LogP contribution < -0.4 is 0 Å². The second-order valence-corrected chi connectivity index (χ2v) is 4.42. The molecule has 1 N–H and O–H groups in total. The minimum absolute atomic E-state index is 0.425. The largest absolute Gasteiger partial charge is 0.388 e. The Labute approximate surface area is 90.7 Å². The average molecular weight is 213 g/mol. The smallest absolute Gasteiger partial charge is 0.0804 e. The molecule has 0 bridgehead atoms. The summed E-state index contributed by atoms with van der Waals surface area (Å²) in [5.41, 5.74) is 0.842. The lowest BCUT2D eigenvalue weighted by molar-refractivity contribution is 0.159. The molecule has 14 heavy (non-hydrogen) atoms. The molecule has 0 aliphatic heterocycles. The van der Waals surface area contributed by atoms with Crippen LogP contribution in [0.5, 0.6) is 0 Å². The summed E-state index contributed by atoms with van der Waals surface area (Å²) >= 11 is 5.97. The Hall–Kier alpha value is -0.530. The molecule has 2 heteroatoms. The topological polar surface area (TPSA) is 20.2 Å². The zero-order chi connectivity index (χ0) is 10.6. The molecule has 0 aliphatic rings. The monoisotopic (exact) mass is 212 g/mol. The average Bonchev–Trinajstić information content (AvgIpc) is 2.15. The van der Waals surface area contributed by atoms with Crippen molar-refractivity contribution in [3.05, 3.63) is 34.9 Å². The van der Waals surface area contributed by atoms with Gasteiger partial charge >= 0.3 is 0 Å². The van der Waals surface area contributed by atoms with Crippen LogP contribution in [0.15, 0.2) is 24.3 Å². The van der Waals surface area contributed by atoms with Crippen LogP contribution in [-0.2, 0) is 0 Å². The van der Waals surface area contributed by atoms with Gasteiger partial charge in [-0.1, -0.05) is 43.6 Å². The molecule has 0 aromatic heterocycles. The highest BCUT2D eigenvalue weighted by Gasteiger charge is 2.10. The van der Waals surface area contributed by atoms with Gasteiger partial charge < -0.3 is 5.11 Å². The van der Waals surface area contributed by atoms with Crippen molar-refractivity contribution in [1.29, 1.82) is 0 Å². The molecule has 0 radical (unpaired) electrons. The molecule has 1 nitrogen and oxygen atoms in total. The molecule has 1 aromatic rings. The quantitative estimate of drug-likeness (QED) is 0.805. The van der Waals surface area contributed by atoms with Crippen molar-refractivity contribution in [2.75, 3.05) is 0 Å². The Kier molecular flexibility index (Phi) is 4.43. The lowest BCUT2D eigenvalue weighted by atomic mass is 10.00. The molecule has 0 saturated heterocycles. The van der Waals surface area contributed by atoms with Crippen molar-refractivity contribution in [2.24, 2.45) is 5.92 Å². The molecule has 0 aliphatic carbocycles. The maximum atomic E-state index is 9.87. The molecule has 0 heterocycles. The number of halogens is 1. The molecule has 0 spiro atoms. The first-order chi connectivity index (χ1) is 6.61. The summed E-state index contributed by atoms with van der Waals surface area (Å²) in [7, 11) is 0. The Balaban J connectivity index is 2.60. The Morgan fingerprint density at radius 2 is 1.86 bits per heavy atom. The van der Waals surface area contributed by atoms with E-state index in [4.69, 9.17) is 11.6 Å². The highest BCUT2D eigenvalue weighted by molar-refractivity contribution is 6.31. The van der Waals surface area contributed by atoms with Gasteiger partial charge in [0.25, 0.3) is 0 Å². The van der Waals surface area contributed by atoms with Gasteiger partial charge in [0.2, 0.25) is 0 Å². The number of rotatable bonds is 4. The maximum Gasteiger partial charge on any atom is 0.0804 e. The first-order valence-corrected chi connectivity index (χ1v) is 5.41. The predicted molar refractivity (Wildman–Crippen MR) is 60.5 cm³/mol. The minimum atomic E-state index is -0.425. The number of aliphatic hydroxyl groups is 1. The van der Waals surface area contributed by atoms with Gasteiger partial charge in [0, 0.05) is 5.02 Å². The first kappa shape index (κ1) is 11.5. The first-order valence-electron chi connectivity index (χ1n) is 5.03. The van der Waals surface area contributed by atoms with Crippen LogP contribution in [0.1, 0.15) is 38.4 Å². The van der Waals surface area contributed by atoms with Gasteiger partial charge in [-0.05, 0) is 30.4 Å². The van der Waals surface area contributed by atoms with E-state index in [1.165, 1.54) is 0 Å². The number of benzene rings is 1. The second-order valence-electron chi connectivity index (χ2n) is 4.01. The zero-order valence-electron chi connectivity index (χ0n) is 8.70. The molecule has 1 aromatic carbocycles. The summed E-state index contributed by atoms with van der Waals surface area (Å²) in [6.45, 7) is 4.30. The van der Waals surface area contributed by atoms with Crippen molar-refractivity contribution < 1.29 is 5.11 Å². The molecule has 0 fully saturated rings. The summed E-state index contributed by atoms with van der Waals surface area (Å²) in [5.74, 6) is 0.618. The maximum absolute atomic E-state index is 9.87. The van der Waals surface area contributed by atoms with Gasteiger partial charge in [0.15, 0.2) is 0 Å². The summed E-state index contributed by atoms with van der Waals surface area (Å²) in [4.78, 5) is 0. The highest BCUT2D eigenvalue weighted by Crippen LogP contribution is 2.26. The van der Waals surface area contributed by atoms with E-state index in [-0.39, 0.29) is 0 Å². The summed E-state index contributed by atoms with van der Waals surface area (Å²) in [6.07, 6.45) is 1.37. The fraction of sp³-hybridized carbons (Fsp3) is 0.500. The lowest BCUT2D eigenvalue weighted by Gasteiger charge is -2.13. The van der Waals surface area contributed by atoms with Gasteiger partial charge in [0.05, 0.1) is 6.10 Å². The number of hydrogen-bond donors (Lipinski definition) is 1. The normalized spacial score (nSPS) is 13.2. The summed E-state index contributed by atoms with van der Waals surface area (Å²) in [5, 5.41) is 10.5. The predicted octanol–water partition coefficient (Wildman–Crippen LogP) is 3.81. The molecule has 0 saturated carbocycles. The third-order valence-electron chi connectivity index (χ3n) is 2.28. The van der Waals surface area contributed by atoms with E-state index in [1.807, 2.05) is 24.3 Å². The van der Waals surface area contributed by atoms with Crippen molar-refractivity contribution >= 4 is 11.6 Å². The molecule has 1 atom stereocenters. The van der Waals surface area contributed by atoms with E-state index in [0.29, 0.717) is 10.9 Å². The van der Waals surface area contributed by atoms with Gasteiger partial charge in [-0.2, -0.15) is 0 Å². The van der Waals surface area contributed by atoms with Gasteiger partial charge in [0.1, 0.15) is 0 Å². The van der Waals surface area contributed by atoms with Crippen LogP contribution in [0, 0.1) is 5.92 Å². The van der Waals surface area contributed by atoms with E-state index in [0.717, 1.165) is 18.4 Å². The van der Waals surface area contributed by atoms with Crippen LogP contribution in [0.3, 0.4) is 0 Å². The molecule has 1 rings (SSSR count). The van der Waals surface area contributed by atoms with E-state index in [9.17, 15) is 5.11 Å². The SMILES string of the molecule is CC(C)CCC(O)c1ccccc1Cl. The zero-order valence-corrected chi connectivity index (χ0v) is 9.46. The van der Waals surface area contributed by atoms with Crippen molar-refractivity contribution in [3.63, 3.8) is 0 Å². The lowest BCUT2D eigenvalue weighted by Crippen LogP contribution is -2.00. The van der Waals surface area contributed by atoms with Crippen molar-refractivity contribution in [3.8, 4) is 0 Å². The van der Waals surface area contributed by atoms with Crippen LogP contribution in [0.25, 0.3) is 0 Å². The molecular formula is C12H17ClO. The second kappa shape index (κ2) is 5.38. The van der Waals surface area contributed by atoms with Crippen LogP contribution in [0.2, 0.25) is 5.02 Å². The van der Waals surface area contributed by atoms with Gasteiger partial charge in [-0.15, -0.1) is 0 Å². The van der Waals surface area contributed by atoms with Crippen LogP contribution in [-0.4, -0.2) is 5.11 Å². The fourth-order valence-corrected chi connectivity index (χ4v) is 1.65. The Morgan fingerprint density at radius 3 is 2.43 bits per heavy atom. The minimum Gasteiger partial charge on any atom is -0.388 e. The molecule has 0 amide bonds. The molecule has 1 unspecified atom stereocenters. The third-order valence-corrected chi connectivity index (χ3v) is 2.63. The van der Waals surface area contributed by atoms with Gasteiger partial charge in [-0.3, -0.25) is 0 Å². The van der Waals surface area contributed by atoms with E-state index >= 15 is 0 Å². The molecule has 78 valence electrons. The van der Waals surface area contributed by atoms with Crippen LogP contribution in [0.4, 0.5) is 0 Å².